The molecule has 10 heteroatoms. The van der Waals surface area contributed by atoms with E-state index in [1.54, 1.807) is 0 Å². The second kappa shape index (κ2) is 65.3. The average Bonchev–Trinajstić information content (AvgIpc) is 3.46. The highest BCUT2D eigenvalue weighted by Gasteiger charge is 2.26. The van der Waals surface area contributed by atoms with Gasteiger partial charge < -0.3 is 20.1 Å². The Morgan fingerprint density at radius 2 is 0.642 bits per heavy atom. The monoisotopic (exact) mass is 1150 g/mol. The van der Waals surface area contributed by atoms with Gasteiger partial charge in [-0.15, -0.1) is 0 Å². The molecule has 0 aromatic heterocycles. The van der Waals surface area contributed by atoms with Crippen molar-refractivity contribution < 1.29 is 37.6 Å². The number of allylic oxidation sites excluding steroid dienone is 22. The molecule has 0 saturated heterocycles. The number of hydrogen-bond donors (Lipinski definition) is 2. The van der Waals surface area contributed by atoms with Gasteiger partial charge in [-0.05, 0) is 109 Å². The zero-order valence-corrected chi connectivity index (χ0v) is 52.6. The Morgan fingerprint density at radius 1 is 0.370 bits per heavy atom. The van der Waals surface area contributed by atoms with Crippen LogP contribution in [-0.2, 0) is 32.7 Å². The van der Waals surface area contributed by atoms with Gasteiger partial charge in [0.2, 0.25) is 0 Å². The minimum atomic E-state index is -4.40. The van der Waals surface area contributed by atoms with Gasteiger partial charge in [0.15, 0.2) is 6.10 Å². The molecule has 0 radical (unpaired) electrons. The third-order valence-electron chi connectivity index (χ3n) is 13.5. The molecule has 0 rings (SSSR count). The molecular weight excluding hydrogens is 1030 g/mol. The number of esters is 2. The third kappa shape index (κ3) is 65.2. The topological polar surface area (TPSA) is 134 Å². The standard InChI is InChI=1S/C71H120NO8P/c1-3-5-7-9-11-13-15-17-19-21-23-25-27-29-31-33-34-36-38-40-42-44-46-48-50-52-54-56-58-60-62-64-71(74)80-69(68-79-81(75,76)78-66-65-72)67-77-70(73)63-61-59-57-55-53-51-49-47-45-43-41-39-37-35-32-30-28-26-24-22-20-18-16-14-12-10-8-6-4-2/h5-8,11-14,17-20,23-26,29-32,34,36,69H,3-4,9-10,15-16,21-22,27-28,33,35,37-68,72H2,1-2H3,(H,75,76)/b7-5-,8-6-,13-11-,14-12-,19-17-,20-18-,25-23-,26-24-,31-29-,32-30-,36-34-. The highest BCUT2D eigenvalue weighted by molar-refractivity contribution is 7.47. The highest BCUT2D eigenvalue weighted by Crippen LogP contribution is 2.43. The number of rotatable bonds is 60. The SMILES string of the molecule is CC/C=C\C/C=C\C/C=C\C/C=C\C/C=C\C/C=C\CCCCCCCCCCCCCCC(=O)OC(COC(=O)CCCCCCCCCCCCCCC/C=C\C/C=C\C/C=C\C/C=C\C/C=C\CC)COP(=O)(O)OCCN. The first kappa shape index (κ1) is 77.2. The van der Waals surface area contributed by atoms with Crippen molar-refractivity contribution in [2.45, 2.75) is 277 Å². The normalized spacial score (nSPS) is 13.9. The second-order valence-corrected chi connectivity index (χ2v) is 22.7. The predicted octanol–water partition coefficient (Wildman–Crippen LogP) is 21.3. The molecule has 2 atom stereocenters. The van der Waals surface area contributed by atoms with Crippen molar-refractivity contribution in [2.75, 3.05) is 26.4 Å². The zero-order valence-electron chi connectivity index (χ0n) is 51.7. The first-order valence-electron chi connectivity index (χ1n) is 32.7. The van der Waals surface area contributed by atoms with E-state index in [4.69, 9.17) is 24.3 Å². The van der Waals surface area contributed by atoms with Crippen LogP contribution >= 0.6 is 7.82 Å². The maximum absolute atomic E-state index is 12.8. The molecular formula is C71H120NO8P. The van der Waals surface area contributed by atoms with E-state index in [9.17, 15) is 19.0 Å². The maximum Gasteiger partial charge on any atom is 0.472 e. The molecule has 2 unspecified atom stereocenters. The number of phosphoric acid groups is 1. The van der Waals surface area contributed by atoms with Crippen molar-refractivity contribution in [1.82, 2.24) is 0 Å². The van der Waals surface area contributed by atoms with Crippen molar-refractivity contribution in [3.05, 3.63) is 134 Å². The number of unbranched alkanes of at least 4 members (excludes halogenated alkanes) is 25. The van der Waals surface area contributed by atoms with Crippen LogP contribution in [0.25, 0.3) is 0 Å². The van der Waals surface area contributed by atoms with E-state index in [1.807, 2.05) is 0 Å². The minimum Gasteiger partial charge on any atom is -0.462 e. The van der Waals surface area contributed by atoms with Crippen LogP contribution in [0.1, 0.15) is 271 Å². The fraction of sp³-hybridized carbons (Fsp3) is 0.662. The van der Waals surface area contributed by atoms with Gasteiger partial charge >= 0.3 is 19.8 Å². The zero-order chi connectivity index (χ0) is 58.7. The summed E-state index contributed by atoms with van der Waals surface area (Å²) in [6.45, 7) is 3.52. The van der Waals surface area contributed by atoms with E-state index in [0.29, 0.717) is 6.42 Å². The summed E-state index contributed by atoms with van der Waals surface area (Å²) in [5.74, 6) is -0.833. The van der Waals surface area contributed by atoms with Gasteiger partial charge in [-0.1, -0.05) is 282 Å². The number of nitrogens with two attached hydrogens (primary N) is 1. The number of phosphoric ester groups is 1. The lowest BCUT2D eigenvalue weighted by Crippen LogP contribution is -2.29. The van der Waals surface area contributed by atoms with Crippen LogP contribution in [0, 0.1) is 0 Å². The van der Waals surface area contributed by atoms with Gasteiger partial charge in [0.25, 0.3) is 0 Å². The fourth-order valence-electron chi connectivity index (χ4n) is 8.79. The molecule has 0 aliphatic rings. The molecule has 0 bridgehead atoms. The summed E-state index contributed by atoms with van der Waals surface area (Å²) in [5.41, 5.74) is 5.40. The summed E-state index contributed by atoms with van der Waals surface area (Å²) in [4.78, 5) is 35.3. The fourth-order valence-corrected chi connectivity index (χ4v) is 9.55. The van der Waals surface area contributed by atoms with Crippen molar-refractivity contribution in [1.29, 1.82) is 0 Å². The number of ether oxygens (including phenoxy) is 2. The lowest BCUT2D eigenvalue weighted by atomic mass is 10.0. The summed E-state index contributed by atoms with van der Waals surface area (Å²) in [6.07, 6.45) is 92.3. The first-order chi connectivity index (χ1) is 39.8. The van der Waals surface area contributed by atoms with Crippen LogP contribution in [0.3, 0.4) is 0 Å². The molecule has 0 heterocycles. The quantitative estimate of drug-likeness (QED) is 0.0264. The maximum atomic E-state index is 12.8. The van der Waals surface area contributed by atoms with Gasteiger partial charge in [0.05, 0.1) is 13.2 Å². The minimum absolute atomic E-state index is 0.0475. The lowest BCUT2D eigenvalue weighted by molar-refractivity contribution is -0.161. The van der Waals surface area contributed by atoms with Crippen LogP contribution in [0.15, 0.2) is 134 Å². The molecule has 0 saturated carbocycles. The molecule has 462 valence electrons. The summed E-state index contributed by atoms with van der Waals surface area (Å²) < 4.78 is 33.1. The Morgan fingerprint density at radius 3 is 0.951 bits per heavy atom. The van der Waals surface area contributed by atoms with E-state index in [0.717, 1.165) is 109 Å². The molecule has 0 aliphatic heterocycles. The van der Waals surface area contributed by atoms with Gasteiger partial charge in [-0.25, -0.2) is 4.57 Å². The Balaban J connectivity index is 3.95. The molecule has 0 amide bonds. The van der Waals surface area contributed by atoms with E-state index in [1.165, 1.54) is 128 Å². The smallest absolute Gasteiger partial charge is 0.462 e. The van der Waals surface area contributed by atoms with Crippen LogP contribution in [0.2, 0.25) is 0 Å². The van der Waals surface area contributed by atoms with Crippen LogP contribution in [0.5, 0.6) is 0 Å². The van der Waals surface area contributed by atoms with Crippen LogP contribution in [-0.4, -0.2) is 49.3 Å². The van der Waals surface area contributed by atoms with Crippen LogP contribution < -0.4 is 5.73 Å². The molecule has 0 aromatic carbocycles. The van der Waals surface area contributed by atoms with E-state index in [-0.39, 0.29) is 38.6 Å². The Kier molecular flexibility index (Phi) is 62.2. The second-order valence-electron chi connectivity index (χ2n) is 21.2. The van der Waals surface area contributed by atoms with E-state index < -0.39 is 26.5 Å². The van der Waals surface area contributed by atoms with Gasteiger partial charge in [0, 0.05) is 19.4 Å². The third-order valence-corrected chi connectivity index (χ3v) is 14.5. The Bertz CT molecular complexity index is 1790. The Hall–Kier alpha value is -3.85. The summed E-state index contributed by atoms with van der Waals surface area (Å²) >= 11 is 0. The number of hydrogen-bond acceptors (Lipinski definition) is 8. The van der Waals surface area contributed by atoms with Crippen molar-refractivity contribution >= 4 is 19.8 Å². The molecule has 3 N–H and O–H groups in total. The van der Waals surface area contributed by atoms with Crippen molar-refractivity contribution in [3.8, 4) is 0 Å². The molecule has 0 spiro atoms. The summed E-state index contributed by atoms with van der Waals surface area (Å²) in [7, 11) is -4.40. The molecule has 0 aliphatic carbocycles. The summed E-state index contributed by atoms with van der Waals surface area (Å²) in [5, 5.41) is 0. The largest absolute Gasteiger partial charge is 0.472 e. The summed E-state index contributed by atoms with van der Waals surface area (Å²) in [6, 6.07) is 0. The van der Waals surface area contributed by atoms with Gasteiger partial charge in [-0.3, -0.25) is 18.6 Å². The average molecular weight is 1150 g/mol. The number of carbonyl (C=O) groups excluding carboxylic acids is 2. The van der Waals surface area contributed by atoms with E-state index in [2.05, 4.69) is 148 Å². The predicted molar refractivity (Wildman–Crippen MR) is 348 cm³/mol. The molecule has 0 fully saturated rings. The van der Waals surface area contributed by atoms with Gasteiger partial charge in [-0.2, -0.15) is 0 Å². The lowest BCUT2D eigenvalue weighted by Gasteiger charge is -2.19. The van der Waals surface area contributed by atoms with Crippen molar-refractivity contribution in [2.24, 2.45) is 5.73 Å². The Labute approximate surface area is 497 Å². The highest BCUT2D eigenvalue weighted by atomic mass is 31.2. The molecule has 81 heavy (non-hydrogen) atoms. The van der Waals surface area contributed by atoms with Crippen LogP contribution in [0.4, 0.5) is 0 Å². The molecule has 9 nitrogen and oxygen atoms in total. The number of carbonyl (C=O) groups is 2. The first-order valence-corrected chi connectivity index (χ1v) is 34.2. The van der Waals surface area contributed by atoms with Gasteiger partial charge in [0.1, 0.15) is 6.61 Å². The molecule has 0 aromatic rings. The van der Waals surface area contributed by atoms with E-state index >= 15 is 0 Å². The van der Waals surface area contributed by atoms with Crippen molar-refractivity contribution in [3.63, 3.8) is 0 Å².